The van der Waals surface area contributed by atoms with Gasteiger partial charge in [0.15, 0.2) is 0 Å². The zero-order valence-electron chi connectivity index (χ0n) is 6.87. The van der Waals surface area contributed by atoms with Crippen molar-refractivity contribution in [3.8, 4) is 0 Å². The first-order valence-electron chi connectivity index (χ1n) is 3.79. The van der Waals surface area contributed by atoms with Gasteiger partial charge >= 0.3 is 0 Å². The highest BCUT2D eigenvalue weighted by molar-refractivity contribution is 6.67. The van der Waals surface area contributed by atoms with Crippen LogP contribution >= 0.6 is 23.2 Å². The molecule has 1 aromatic heterocycles. The average Bonchev–Trinajstić information content (AvgIpc) is 2.16. The minimum Gasteiger partial charge on any atom is -0.274 e. The van der Waals surface area contributed by atoms with Crippen molar-refractivity contribution >= 4 is 39.5 Å². The number of benzene rings is 1. The van der Waals surface area contributed by atoms with Crippen molar-refractivity contribution in [2.24, 2.45) is 0 Å². The molecule has 1 aromatic carbocycles. The summed E-state index contributed by atoms with van der Waals surface area (Å²) in [5.41, 5.74) is 1.38. The molecule has 2 rings (SSSR count). The summed E-state index contributed by atoms with van der Waals surface area (Å²) in [5, 5.41) is -0.0360. The maximum atomic E-state index is 10.8. The van der Waals surface area contributed by atoms with E-state index in [0.717, 1.165) is 0 Å². The lowest BCUT2D eigenvalue weighted by Gasteiger charge is -1.98. The lowest BCUT2D eigenvalue weighted by Crippen LogP contribution is -1.95. The molecular weight excluding hydrogens is 223 g/mol. The van der Waals surface area contributed by atoms with E-state index < -0.39 is 5.24 Å². The van der Waals surface area contributed by atoms with E-state index in [1.807, 2.05) is 0 Å². The Balaban J connectivity index is 2.67. The Labute approximate surface area is 89.7 Å². The number of fused-ring (bicyclic) bond motifs is 1. The third kappa shape index (κ3) is 1.69. The Morgan fingerprint density at radius 2 is 2.07 bits per heavy atom. The molecule has 0 bridgehead atoms. The molecule has 0 amide bonds. The zero-order chi connectivity index (χ0) is 10.1. The van der Waals surface area contributed by atoms with E-state index in [1.54, 1.807) is 18.2 Å². The van der Waals surface area contributed by atoms with Crippen LogP contribution in [0.2, 0.25) is 5.02 Å². The van der Waals surface area contributed by atoms with Crippen molar-refractivity contribution in [3.63, 3.8) is 0 Å². The fourth-order valence-electron chi connectivity index (χ4n) is 1.08. The summed E-state index contributed by atoms with van der Waals surface area (Å²) < 4.78 is 0. The summed E-state index contributed by atoms with van der Waals surface area (Å²) in [6.45, 7) is 0. The second-order valence-corrected chi connectivity index (χ2v) is 3.44. The molecule has 3 nitrogen and oxygen atoms in total. The van der Waals surface area contributed by atoms with Gasteiger partial charge in [0.1, 0.15) is 5.69 Å². The molecule has 0 saturated heterocycles. The van der Waals surface area contributed by atoms with Crippen molar-refractivity contribution in [2.75, 3.05) is 0 Å². The Kier molecular flexibility index (Phi) is 2.35. The molecule has 0 unspecified atom stereocenters. The van der Waals surface area contributed by atoms with E-state index in [1.165, 1.54) is 6.20 Å². The molecule has 0 saturated carbocycles. The minimum absolute atomic E-state index is 0.140. The number of aromatic nitrogens is 2. The normalized spacial score (nSPS) is 10.4. The number of carbonyl (C=O) groups is 1. The molecule has 14 heavy (non-hydrogen) atoms. The van der Waals surface area contributed by atoms with Gasteiger partial charge in [0.25, 0.3) is 5.24 Å². The summed E-state index contributed by atoms with van der Waals surface area (Å²) in [6.07, 6.45) is 1.33. The maximum Gasteiger partial charge on any atom is 0.272 e. The monoisotopic (exact) mass is 226 g/mol. The number of rotatable bonds is 1. The predicted octanol–water partition coefficient (Wildman–Crippen LogP) is 2.66. The highest BCUT2D eigenvalue weighted by Crippen LogP contribution is 2.16. The number of nitrogens with zero attached hydrogens (tertiary/aromatic N) is 2. The molecule has 0 N–H and O–H groups in total. The van der Waals surface area contributed by atoms with Gasteiger partial charge in [-0.2, -0.15) is 0 Å². The molecule has 0 radical (unpaired) electrons. The molecule has 0 spiro atoms. The van der Waals surface area contributed by atoms with Gasteiger partial charge in [0, 0.05) is 5.02 Å². The van der Waals surface area contributed by atoms with Crippen molar-refractivity contribution in [1.82, 2.24) is 9.97 Å². The molecule has 2 aromatic rings. The first kappa shape index (κ1) is 9.37. The SMILES string of the molecule is O=C(Cl)c1cnc2cc(Cl)ccc2n1. The topological polar surface area (TPSA) is 42.9 Å². The van der Waals surface area contributed by atoms with Crippen LogP contribution in [-0.2, 0) is 0 Å². The van der Waals surface area contributed by atoms with Crippen LogP contribution < -0.4 is 0 Å². The van der Waals surface area contributed by atoms with Crippen LogP contribution in [0.15, 0.2) is 24.4 Å². The largest absolute Gasteiger partial charge is 0.274 e. The minimum atomic E-state index is -0.616. The quantitative estimate of drug-likeness (QED) is 0.703. The average molecular weight is 227 g/mol. The fourth-order valence-corrected chi connectivity index (χ4v) is 1.34. The second kappa shape index (κ2) is 3.52. The maximum absolute atomic E-state index is 10.8. The lowest BCUT2D eigenvalue weighted by molar-refractivity contribution is 0.107. The van der Waals surface area contributed by atoms with Crippen molar-refractivity contribution < 1.29 is 4.79 Å². The Bertz CT molecular complexity index is 513. The van der Waals surface area contributed by atoms with Crippen LogP contribution in [-0.4, -0.2) is 15.2 Å². The summed E-state index contributed by atoms with van der Waals surface area (Å²) in [7, 11) is 0. The van der Waals surface area contributed by atoms with Crippen LogP contribution in [0.1, 0.15) is 10.5 Å². The fraction of sp³-hybridized carbons (Fsp3) is 0. The predicted molar refractivity (Wildman–Crippen MR) is 54.7 cm³/mol. The molecule has 0 aliphatic rings. The lowest BCUT2D eigenvalue weighted by atomic mass is 10.3. The van der Waals surface area contributed by atoms with Crippen LogP contribution in [0.3, 0.4) is 0 Å². The van der Waals surface area contributed by atoms with E-state index >= 15 is 0 Å². The summed E-state index contributed by atoms with van der Waals surface area (Å²) in [6, 6.07) is 5.04. The van der Waals surface area contributed by atoms with Gasteiger partial charge in [0.2, 0.25) is 0 Å². The van der Waals surface area contributed by atoms with Gasteiger partial charge in [-0.25, -0.2) is 4.98 Å². The van der Waals surface area contributed by atoms with Crippen LogP contribution in [0, 0.1) is 0 Å². The van der Waals surface area contributed by atoms with Gasteiger partial charge in [-0.3, -0.25) is 9.78 Å². The van der Waals surface area contributed by atoms with Gasteiger partial charge in [-0.1, -0.05) is 11.6 Å². The van der Waals surface area contributed by atoms with E-state index in [-0.39, 0.29) is 5.69 Å². The van der Waals surface area contributed by atoms with Crippen LogP contribution in [0.4, 0.5) is 0 Å². The second-order valence-electron chi connectivity index (χ2n) is 2.66. The van der Waals surface area contributed by atoms with Crippen molar-refractivity contribution in [2.45, 2.75) is 0 Å². The van der Waals surface area contributed by atoms with Crippen LogP contribution in [0.5, 0.6) is 0 Å². The number of hydrogen-bond acceptors (Lipinski definition) is 3. The van der Waals surface area contributed by atoms with Crippen molar-refractivity contribution in [3.05, 3.63) is 35.1 Å². The third-order valence-electron chi connectivity index (χ3n) is 1.71. The number of halogens is 2. The number of hydrogen-bond donors (Lipinski definition) is 0. The Morgan fingerprint density at radius 3 is 2.79 bits per heavy atom. The highest BCUT2D eigenvalue weighted by atomic mass is 35.5. The molecule has 1 heterocycles. The van der Waals surface area contributed by atoms with Gasteiger partial charge < -0.3 is 0 Å². The zero-order valence-corrected chi connectivity index (χ0v) is 8.38. The molecule has 0 aliphatic heterocycles. The van der Waals surface area contributed by atoms with E-state index in [4.69, 9.17) is 23.2 Å². The molecule has 0 aliphatic carbocycles. The van der Waals surface area contributed by atoms with Crippen LogP contribution in [0.25, 0.3) is 11.0 Å². The first-order chi connectivity index (χ1) is 6.66. The number of carbonyl (C=O) groups excluding carboxylic acids is 1. The van der Waals surface area contributed by atoms with Gasteiger partial charge in [-0.15, -0.1) is 0 Å². The smallest absolute Gasteiger partial charge is 0.272 e. The molecule has 0 atom stereocenters. The first-order valence-corrected chi connectivity index (χ1v) is 4.54. The highest BCUT2D eigenvalue weighted by Gasteiger charge is 2.05. The van der Waals surface area contributed by atoms with Gasteiger partial charge in [-0.05, 0) is 29.8 Å². The van der Waals surface area contributed by atoms with Crippen molar-refractivity contribution in [1.29, 1.82) is 0 Å². The van der Waals surface area contributed by atoms with E-state index in [2.05, 4.69) is 9.97 Å². The van der Waals surface area contributed by atoms with Gasteiger partial charge in [0.05, 0.1) is 17.2 Å². The molecule has 0 fully saturated rings. The summed E-state index contributed by atoms with van der Waals surface area (Å²) >= 11 is 11.0. The van der Waals surface area contributed by atoms with E-state index in [9.17, 15) is 4.79 Å². The third-order valence-corrected chi connectivity index (χ3v) is 2.13. The molecular formula is C9H4Cl2N2O. The Hall–Kier alpha value is -1.19. The molecule has 70 valence electrons. The van der Waals surface area contributed by atoms with E-state index in [0.29, 0.717) is 16.1 Å². The molecule has 5 heteroatoms. The summed E-state index contributed by atoms with van der Waals surface area (Å²) in [5.74, 6) is 0. The summed E-state index contributed by atoms with van der Waals surface area (Å²) in [4.78, 5) is 18.8. The standard InChI is InChI=1S/C9H4Cl2N2O/c10-5-1-2-6-7(3-5)12-4-8(13-6)9(11)14/h1-4H. The Morgan fingerprint density at radius 1 is 1.29 bits per heavy atom.